The van der Waals surface area contributed by atoms with Crippen LogP contribution >= 0.6 is 0 Å². The molecule has 0 aromatic heterocycles. The van der Waals surface area contributed by atoms with E-state index in [0.29, 0.717) is 13.2 Å². The molecule has 2 unspecified atom stereocenters. The van der Waals surface area contributed by atoms with Crippen LogP contribution < -0.4 is 0 Å². The fraction of sp³-hybridized carbons (Fsp3) is 1.00. The van der Waals surface area contributed by atoms with Gasteiger partial charge in [0, 0.05) is 0 Å². The summed E-state index contributed by atoms with van der Waals surface area (Å²) in [7, 11) is 0. The number of hydrogen-bond donors (Lipinski definition) is 2. The lowest BCUT2D eigenvalue weighted by molar-refractivity contribution is -0.326. The lowest BCUT2D eigenvalue weighted by Crippen LogP contribution is -2.34. The zero-order valence-electron chi connectivity index (χ0n) is 11.3. The van der Waals surface area contributed by atoms with Crippen molar-refractivity contribution in [3.8, 4) is 0 Å². The van der Waals surface area contributed by atoms with Crippen molar-refractivity contribution in [2.24, 2.45) is 0 Å². The van der Waals surface area contributed by atoms with Crippen LogP contribution in [-0.4, -0.2) is 48.8 Å². The van der Waals surface area contributed by atoms with Gasteiger partial charge in [0.1, 0.15) is 25.4 Å². The molecule has 0 saturated heterocycles. The van der Waals surface area contributed by atoms with Gasteiger partial charge in [-0.3, -0.25) is 0 Å². The molecule has 0 heterocycles. The minimum atomic E-state index is -1.05. The van der Waals surface area contributed by atoms with Crippen LogP contribution in [0.15, 0.2) is 0 Å². The smallest absolute Gasteiger partial charge is 0.111 e. The fourth-order valence-corrected chi connectivity index (χ4v) is 0.982. The third-order valence-electron chi connectivity index (χ3n) is 2.25. The molecule has 6 nitrogen and oxygen atoms in total. The van der Waals surface area contributed by atoms with Gasteiger partial charge < -0.3 is 10.2 Å². The summed E-state index contributed by atoms with van der Waals surface area (Å²) in [4.78, 5) is 19.1. The van der Waals surface area contributed by atoms with E-state index >= 15 is 0 Å². The molecule has 0 aromatic carbocycles. The van der Waals surface area contributed by atoms with E-state index in [1.54, 1.807) is 0 Å². The second-order valence-corrected chi connectivity index (χ2v) is 4.05. The summed E-state index contributed by atoms with van der Waals surface area (Å²) in [5.74, 6) is 0. The monoisotopic (exact) mass is 266 g/mol. The Kier molecular flexibility index (Phi) is 13.0. The van der Waals surface area contributed by atoms with Crippen molar-refractivity contribution in [1.82, 2.24) is 0 Å². The first kappa shape index (κ1) is 17.8. The first-order valence-corrected chi connectivity index (χ1v) is 6.57. The first-order valence-electron chi connectivity index (χ1n) is 6.57. The molecule has 110 valence electrons. The molecular weight excluding hydrogens is 240 g/mol. The maximum absolute atomic E-state index is 9.49. The molecule has 0 saturated carbocycles. The van der Waals surface area contributed by atoms with Crippen molar-refractivity contribution in [1.29, 1.82) is 0 Å². The molecule has 0 bridgehead atoms. The van der Waals surface area contributed by atoms with Gasteiger partial charge in [0.25, 0.3) is 0 Å². The Hall–Kier alpha value is -0.240. The second-order valence-electron chi connectivity index (χ2n) is 4.05. The zero-order chi connectivity index (χ0) is 13.6. The van der Waals surface area contributed by atoms with Crippen molar-refractivity contribution in [3.05, 3.63) is 0 Å². The van der Waals surface area contributed by atoms with Crippen LogP contribution in [0.25, 0.3) is 0 Å². The molecule has 0 radical (unpaired) electrons. The van der Waals surface area contributed by atoms with Gasteiger partial charge in [-0.15, -0.1) is 0 Å². The number of hydrogen-bond acceptors (Lipinski definition) is 6. The molecule has 0 aliphatic rings. The molecule has 18 heavy (non-hydrogen) atoms. The van der Waals surface area contributed by atoms with Crippen LogP contribution in [0.1, 0.15) is 39.5 Å². The van der Waals surface area contributed by atoms with Gasteiger partial charge in [-0.2, -0.15) is 0 Å². The zero-order valence-corrected chi connectivity index (χ0v) is 11.3. The predicted molar refractivity (Wildman–Crippen MR) is 65.6 cm³/mol. The molecule has 0 rings (SSSR count). The van der Waals surface area contributed by atoms with Crippen molar-refractivity contribution in [2.45, 2.75) is 51.7 Å². The lowest BCUT2D eigenvalue weighted by Gasteiger charge is -2.16. The van der Waals surface area contributed by atoms with Gasteiger partial charge in [0.15, 0.2) is 0 Å². The molecule has 0 aliphatic carbocycles. The Morgan fingerprint density at radius 2 is 1.11 bits per heavy atom. The van der Waals surface area contributed by atoms with Crippen molar-refractivity contribution in [3.63, 3.8) is 0 Å². The average molecular weight is 266 g/mol. The molecule has 6 heteroatoms. The van der Waals surface area contributed by atoms with E-state index in [0.717, 1.165) is 25.7 Å². The van der Waals surface area contributed by atoms with Crippen molar-refractivity contribution >= 4 is 0 Å². The predicted octanol–water partition coefficient (Wildman–Crippen LogP) is 1.20. The molecule has 0 spiro atoms. The van der Waals surface area contributed by atoms with E-state index in [4.69, 9.17) is 19.6 Å². The van der Waals surface area contributed by atoms with Gasteiger partial charge in [-0.1, -0.05) is 26.7 Å². The highest BCUT2D eigenvalue weighted by Gasteiger charge is 2.17. The summed E-state index contributed by atoms with van der Waals surface area (Å²) >= 11 is 0. The van der Waals surface area contributed by atoms with E-state index < -0.39 is 12.2 Å². The Bertz CT molecular complexity index is 149. The average Bonchev–Trinajstić information content (AvgIpc) is 2.37. The highest BCUT2D eigenvalue weighted by Crippen LogP contribution is 1.98. The van der Waals surface area contributed by atoms with Crippen molar-refractivity contribution in [2.75, 3.05) is 26.4 Å². The third kappa shape index (κ3) is 10.9. The summed E-state index contributed by atoms with van der Waals surface area (Å²) in [5, 5.41) is 19.0. The summed E-state index contributed by atoms with van der Waals surface area (Å²) in [6.07, 6.45) is 1.71. The number of rotatable bonds is 13. The molecule has 0 aliphatic heterocycles. The molecule has 2 atom stereocenters. The second kappa shape index (κ2) is 13.2. The molecule has 0 amide bonds. The standard InChI is InChI=1S/C12H26O6/c1-3-5-7-15-17-9-11(13)12(14)10-18-16-8-6-4-2/h11-14H,3-10H2,1-2H3. The van der Waals surface area contributed by atoms with Crippen LogP contribution in [0.4, 0.5) is 0 Å². The largest absolute Gasteiger partial charge is 0.388 e. The maximum Gasteiger partial charge on any atom is 0.111 e. The minimum Gasteiger partial charge on any atom is -0.388 e. The van der Waals surface area contributed by atoms with E-state index in [9.17, 15) is 10.2 Å². The maximum atomic E-state index is 9.49. The lowest BCUT2D eigenvalue weighted by atomic mass is 10.2. The van der Waals surface area contributed by atoms with E-state index in [1.807, 2.05) is 13.8 Å². The highest BCUT2D eigenvalue weighted by atomic mass is 17.2. The van der Waals surface area contributed by atoms with E-state index in [1.165, 1.54) is 0 Å². The Labute approximate surface area is 109 Å². The quantitative estimate of drug-likeness (QED) is 0.296. The van der Waals surface area contributed by atoms with Gasteiger partial charge in [-0.25, -0.2) is 19.6 Å². The normalized spacial score (nSPS) is 14.7. The Balaban J connectivity index is 3.36. The molecule has 0 aromatic rings. The van der Waals surface area contributed by atoms with E-state index in [-0.39, 0.29) is 13.2 Å². The third-order valence-corrected chi connectivity index (χ3v) is 2.25. The number of aliphatic hydroxyl groups excluding tert-OH is 2. The number of unbranched alkanes of at least 4 members (excludes halogenated alkanes) is 2. The van der Waals surface area contributed by atoms with Crippen LogP contribution in [0.2, 0.25) is 0 Å². The summed E-state index contributed by atoms with van der Waals surface area (Å²) in [6.45, 7) is 4.86. The van der Waals surface area contributed by atoms with Crippen LogP contribution in [0, 0.1) is 0 Å². The fourth-order valence-electron chi connectivity index (χ4n) is 0.982. The topological polar surface area (TPSA) is 77.4 Å². The number of aliphatic hydroxyl groups is 2. The van der Waals surface area contributed by atoms with E-state index in [2.05, 4.69) is 0 Å². The summed E-state index contributed by atoms with van der Waals surface area (Å²) in [5.41, 5.74) is 0. The Morgan fingerprint density at radius 3 is 1.44 bits per heavy atom. The van der Waals surface area contributed by atoms with Crippen LogP contribution in [0.5, 0.6) is 0 Å². The summed E-state index contributed by atoms with van der Waals surface area (Å²) < 4.78 is 0. The minimum absolute atomic E-state index is 0.0940. The Morgan fingerprint density at radius 1 is 0.722 bits per heavy atom. The SMILES string of the molecule is CCCCOOCC(O)C(O)COOCCCC. The van der Waals surface area contributed by atoms with Gasteiger partial charge >= 0.3 is 0 Å². The van der Waals surface area contributed by atoms with Crippen LogP contribution in [0.3, 0.4) is 0 Å². The molecule has 2 N–H and O–H groups in total. The van der Waals surface area contributed by atoms with Gasteiger partial charge in [-0.05, 0) is 12.8 Å². The molecular formula is C12H26O6. The highest BCUT2D eigenvalue weighted by molar-refractivity contribution is 4.64. The van der Waals surface area contributed by atoms with Gasteiger partial charge in [0.05, 0.1) is 13.2 Å². The van der Waals surface area contributed by atoms with Crippen molar-refractivity contribution < 1.29 is 29.8 Å². The van der Waals surface area contributed by atoms with Gasteiger partial charge in [0.2, 0.25) is 0 Å². The van der Waals surface area contributed by atoms with Crippen LogP contribution in [-0.2, 0) is 19.6 Å². The molecule has 0 fully saturated rings. The summed E-state index contributed by atoms with van der Waals surface area (Å²) in [6, 6.07) is 0. The first-order chi connectivity index (χ1) is 8.72.